The van der Waals surface area contributed by atoms with Gasteiger partial charge in [-0.15, -0.1) is 0 Å². The lowest BCUT2D eigenvalue weighted by Gasteiger charge is -2.36. The summed E-state index contributed by atoms with van der Waals surface area (Å²) in [6, 6.07) is 3.41. The maximum absolute atomic E-state index is 13.0. The van der Waals surface area contributed by atoms with Crippen LogP contribution < -0.4 is 0 Å². The zero-order chi connectivity index (χ0) is 15.7. The smallest absolute Gasteiger partial charge is 0.246 e. The summed E-state index contributed by atoms with van der Waals surface area (Å²) in [5.41, 5.74) is 0. The highest BCUT2D eigenvalue weighted by atomic mass is 32.2. The molecule has 7 heteroatoms. The Bertz CT molecular complexity index is 721. The number of aryl methyl sites for hydroxylation is 1. The standard InChI is InChI=1S/C15H21N3O3S/c1-3-17-11-13(10-16-17)22(19,20)18-7-6-12(2)9-14(18)15-5-4-8-21-15/h4-5,8,10-12,14H,3,6-7,9H2,1-2H3/t12-,14-/m1/s1. The maximum Gasteiger partial charge on any atom is 0.246 e. The van der Waals surface area contributed by atoms with Gasteiger partial charge in [0, 0.05) is 19.3 Å². The first kappa shape index (κ1) is 15.3. The normalized spacial score (nSPS) is 23.7. The van der Waals surface area contributed by atoms with Crippen molar-refractivity contribution in [2.24, 2.45) is 5.92 Å². The van der Waals surface area contributed by atoms with E-state index in [0.29, 0.717) is 24.8 Å². The second kappa shape index (κ2) is 5.89. The molecule has 0 spiro atoms. The van der Waals surface area contributed by atoms with Gasteiger partial charge in [-0.05, 0) is 37.8 Å². The summed E-state index contributed by atoms with van der Waals surface area (Å²) >= 11 is 0. The molecule has 1 fully saturated rings. The van der Waals surface area contributed by atoms with Crippen LogP contribution in [0.1, 0.15) is 38.5 Å². The minimum absolute atomic E-state index is 0.242. The van der Waals surface area contributed by atoms with Gasteiger partial charge < -0.3 is 4.42 Å². The third kappa shape index (κ3) is 2.70. The van der Waals surface area contributed by atoms with Crippen molar-refractivity contribution in [3.05, 3.63) is 36.5 Å². The zero-order valence-corrected chi connectivity index (χ0v) is 13.7. The summed E-state index contributed by atoms with van der Waals surface area (Å²) in [4.78, 5) is 0.250. The first-order valence-electron chi connectivity index (χ1n) is 7.60. The number of hydrogen-bond donors (Lipinski definition) is 0. The number of nitrogens with zero attached hydrogens (tertiary/aromatic N) is 3. The van der Waals surface area contributed by atoms with Gasteiger partial charge in [-0.2, -0.15) is 9.40 Å². The SMILES string of the molecule is CCn1cc(S(=O)(=O)N2CC[C@@H](C)C[C@@H]2c2ccco2)cn1. The zero-order valence-electron chi connectivity index (χ0n) is 12.8. The number of piperidine rings is 1. The highest BCUT2D eigenvalue weighted by Crippen LogP contribution is 2.37. The molecule has 0 radical (unpaired) electrons. The molecule has 0 amide bonds. The second-order valence-corrected chi connectivity index (χ2v) is 7.70. The Balaban J connectivity index is 1.96. The lowest BCUT2D eigenvalue weighted by atomic mass is 9.93. The van der Waals surface area contributed by atoms with E-state index in [9.17, 15) is 8.42 Å². The molecular formula is C15H21N3O3S. The lowest BCUT2D eigenvalue weighted by molar-refractivity contribution is 0.185. The fourth-order valence-electron chi connectivity index (χ4n) is 2.93. The Hall–Kier alpha value is -1.60. The van der Waals surface area contributed by atoms with Crippen LogP contribution in [0, 0.1) is 5.92 Å². The number of hydrogen-bond acceptors (Lipinski definition) is 4. The molecule has 22 heavy (non-hydrogen) atoms. The van der Waals surface area contributed by atoms with E-state index < -0.39 is 10.0 Å². The van der Waals surface area contributed by atoms with E-state index >= 15 is 0 Å². The van der Waals surface area contributed by atoms with E-state index in [1.165, 1.54) is 6.20 Å². The first-order valence-corrected chi connectivity index (χ1v) is 9.04. The van der Waals surface area contributed by atoms with Crippen LogP contribution >= 0.6 is 0 Å². The van der Waals surface area contributed by atoms with Gasteiger partial charge in [0.2, 0.25) is 10.0 Å². The van der Waals surface area contributed by atoms with Crippen molar-refractivity contribution in [1.29, 1.82) is 0 Å². The van der Waals surface area contributed by atoms with E-state index in [0.717, 1.165) is 12.8 Å². The quantitative estimate of drug-likeness (QED) is 0.867. The summed E-state index contributed by atoms with van der Waals surface area (Å²) in [6.45, 7) is 5.23. The average Bonchev–Trinajstić information content (AvgIpc) is 3.18. The van der Waals surface area contributed by atoms with Crippen molar-refractivity contribution in [2.75, 3.05) is 6.54 Å². The predicted molar refractivity (Wildman–Crippen MR) is 81.6 cm³/mol. The van der Waals surface area contributed by atoms with E-state index in [2.05, 4.69) is 12.0 Å². The van der Waals surface area contributed by atoms with Crippen LogP contribution in [0.15, 0.2) is 40.1 Å². The van der Waals surface area contributed by atoms with Gasteiger partial charge >= 0.3 is 0 Å². The van der Waals surface area contributed by atoms with E-state index in [4.69, 9.17) is 4.42 Å². The van der Waals surface area contributed by atoms with Crippen molar-refractivity contribution in [1.82, 2.24) is 14.1 Å². The van der Waals surface area contributed by atoms with Crippen molar-refractivity contribution >= 4 is 10.0 Å². The molecule has 1 aliphatic rings. The summed E-state index contributed by atoms with van der Waals surface area (Å²) in [5, 5.41) is 4.09. The van der Waals surface area contributed by atoms with Gasteiger partial charge in [0.1, 0.15) is 10.7 Å². The lowest BCUT2D eigenvalue weighted by Crippen LogP contribution is -2.40. The van der Waals surface area contributed by atoms with Crippen LogP contribution in [0.5, 0.6) is 0 Å². The van der Waals surface area contributed by atoms with Crippen molar-refractivity contribution in [3.63, 3.8) is 0 Å². The van der Waals surface area contributed by atoms with Crippen molar-refractivity contribution in [3.8, 4) is 0 Å². The minimum atomic E-state index is -3.56. The Kier molecular flexibility index (Phi) is 4.10. The second-order valence-electron chi connectivity index (χ2n) is 5.81. The third-order valence-corrected chi connectivity index (χ3v) is 6.09. The fraction of sp³-hybridized carbons (Fsp3) is 0.533. The molecule has 0 bridgehead atoms. The molecule has 1 aliphatic heterocycles. The van der Waals surface area contributed by atoms with E-state index in [1.54, 1.807) is 27.5 Å². The predicted octanol–water partition coefficient (Wildman–Crippen LogP) is 2.66. The molecule has 2 aromatic heterocycles. The number of rotatable bonds is 4. The van der Waals surface area contributed by atoms with Crippen LogP contribution in [0.4, 0.5) is 0 Å². The highest BCUT2D eigenvalue weighted by molar-refractivity contribution is 7.89. The summed E-state index contributed by atoms with van der Waals surface area (Å²) < 4.78 is 34.6. The van der Waals surface area contributed by atoms with Crippen molar-refractivity contribution in [2.45, 2.75) is 44.2 Å². The maximum atomic E-state index is 13.0. The fourth-order valence-corrected chi connectivity index (χ4v) is 4.51. The van der Waals surface area contributed by atoms with Crippen LogP contribution in [0.25, 0.3) is 0 Å². The van der Waals surface area contributed by atoms with Crippen LogP contribution in [0.2, 0.25) is 0 Å². The molecule has 6 nitrogen and oxygen atoms in total. The molecule has 0 aliphatic carbocycles. The monoisotopic (exact) mass is 323 g/mol. The van der Waals surface area contributed by atoms with Gasteiger partial charge in [0.25, 0.3) is 0 Å². The first-order chi connectivity index (χ1) is 10.5. The third-order valence-electron chi connectivity index (χ3n) is 4.23. The van der Waals surface area contributed by atoms with E-state index in [1.807, 2.05) is 13.0 Å². The van der Waals surface area contributed by atoms with Gasteiger partial charge in [0.15, 0.2) is 0 Å². The Morgan fingerprint density at radius 3 is 2.91 bits per heavy atom. The van der Waals surface area contributed by atoms with Crippen LogP contribution in [-0.2, 0) is 16.6 Å². The molecule has 0 saturated carbocycles. The van der Waals surface area contributed by atoms with Gasteiger partial charge in [-0.25, -0.2) is 8.42 Å². The number of aromatic nitrogens is 2. The number of furan rings is 1. The molecule has 3 rings (SSSR count). The molecule has 3 heterocycles. The highest BCUT2D eigenvalue weighted by Gasteiger charge is 2.38. The molecule has 0 N–H and O–H groups in total. The molecule has 0 unspecified atom stereocenters. The average molecular weight is 323 g/mol. The molecule has 2 atom stereocenters. The molecule has 0 aromatic carbocycles. The van der Waals surface area contributed by atoms with Crippen molar-refractivity contribution < 1.29 is 12.8 Å². The summed E-state index contributed by atoms with van der Waals surface area (Å²) in [5.74, 6) is 1.18. The largest absolute Gasteiger partial charge is 0.468 e. The van der Waals surface area contributed by atoms with E-state index in [-0.39, 0.29) is 10.9 Å². The summed E-state index contributed by atoms with van der Waals surface area (Å²) in [6.07, 6.45) is 6.24. The molecule has 2 aromatic rings. The summed E-state index contributed by atoms with van der Waals surface area (Å²) in [7, 11) is -3.56. The Labute approximate surface area is 130 Å². The molecule has 120 valence electrons. The topological polar surface area (TPSA) is 68.3 Å². The molecule has 1 saturated heterocycles. The molecular weight excluding hydrogens is 302 g/mol. The van der Waals surface area contributed by atoms with Crippen LogP contribution in [0.3, 0.4) is 0 Å². The van der Waals surface area contributed by atoms with Gasteiger partial charge in [0.05, 0.1) is 18.5 Å². The van der Waals surface area contributed by atoms with Crippen LogP contribution in [-0.4, -0.2) is 29.0 Å². The minimum Gasteiger partial charge on any atom is -0.468 e. The Morgan fingerprint density at radius 1 is 1.45 bits per heavy atom. The van der Waals surface area contributed by atoms with Gasteiger partial charge in [-0.3, -0.25) is 4.68 Å². The van der Waals surface area contributed by atoms with Gasteiger partial charge in [-0.1, -0.05) is 6.92 Å². The number of sulfonamides is 1. The Morgan fingerprint density at radius 2 is 2.27 bits per heavy atom.